The minimum Gasteiger partial charge on any atom is -0.389 e. The van der Waals surface area contributed by atoms with Gasteiger partial charge < -0.3 is 15.7 Å². The summed E-state index contributed by atoms with van der Waals surface area (Å²) in [4.78, 5) is 0. The topological polar surface area (TPSA) is 44.3 Å². The van der Waals surface area contributed by atoms with E-state index < -0.39 is 5.60 Å². The van der Waals surface area contributed by atoms with Gasteiger partial charge in [-0.25, -0.2) is 0 Å². The average molecular weight is 254 g/mol. The molecule has 4 unspecified atom stereocenters. The number of hydrogen-bond acceptors (Lipinski definition) is 3. The Balaban J connectivity index is 1.80. The molecule has 1 heterocycles. The van der Waals surface area contributed by atoms with Gasteiger partial charge in [0, 0.05) is 18.6 Å². The van der Waals surface area contributed by atoms with Crippen LogP contribution in [0.25, 0.3) is 0 Å². The molecule has 3 heteroatoms. The predicted octanol–water partition coefficient (Wildman–Crippen LogP) is 2.05. The number of rotatable bonds is 6. The van der Waals surface area contributed by atoms with Gasteiger partial charge in [-0.1, -0.05) is 19.8 Å². The molecule has 2 aliphatic rings. The SMILES string of the molecule is CCCC(C)(O)CNC1CCCC1C1CCCN1. The summed E-state index contributed by atoms with van der Waals surface area (Å²) in [6.07, 6.45) is 8.59. The monoisotopic (exact) mass is 254 g/mol. The summed E-state index contributed by atoms with van der Waals surface area (Å²) in [5, 5.41) is 17.5. The van der Waals surface area contributed by atoms with Gasteiger partial charge in [-0.05, 0) is 51.5 Å². The van der Waals surface area contributed by atoms with Crippen LogP contribution in [0.15, 0.2) is 0 Å². The largest absolute Gasteiger partial charge is 0.389 e. The highest BCUT2D eigenvalue weighted by atomic mass is 16.3. The number of hydrogen-bond donors (Lipinski definition) is 3. The first-order chi connectivity index (χ1) is 8.62. The van der Waals surface area contributed by atoms with Crippen molar-refractivity contribution in [2.45, 2.75) is 76.5 Å². The summed E-state index contributed by atoms with van der Waals surface area (Å²) in [7, 11) is 0. The molecule has 1 saturated carbocycles. The Hall–Kier alpha value is -0.120. The van der Waals surface area contributed by atoms with Gasteiger partial charge in [0.05, 0.1) is 5.60 Å². The van der Waals surface area contributed by atoms with Crippen LogP contribution in [0.4, 0.5) is 0 Å². The third-order valence-corrected chi connectivity index (χ3v) is 4.72. The van der Waals surface area contributed by atoms with Crippen molar-refractivity contribution in [2.24, 2.45) is 5.92 Å². The lowest BCUT2D eigenvalue weighted by Gasteiger charge is -2.30. The van der Waals surface area contributed by atoms with Gasteiger partial charge in [0.1, 0.15) is 0 Å². The lowest BCUT2D eigenvalue weighted by atomic mass is 9.92. The minimum atomic E-state index is -0.537. The van der Waals surface area contributed by atoms with Crippen molar-refractivity contribution in [3.63, 3.8) is 0 Å². The van der Waals surface area contributed by atoms with E-state index in [0.717, 1.165) is 31.3 Å². The second kappa shape index (κ2) is 6.36. The molecule has 0 aromatic rings. The lowest BCUT2D eigenvalue weighted by molar-refractivity contribution is 0.0451. The van der Waals surface area contributed by atoms with Crippen LogP contribution in [0.1, 0.15) is 58.8 Å². The summed E-state index contributed by atoms with van der Waals surface area (Å²) >= 11 is 0. The van der Waals surface area contributed by atoms with Crippen LogP contribution >= 0.6 is 0 Å². The first kappa shape index (κ1) is 14.3. The van der Waals surface area contributed by atoms with E-state index in [4.69, 9.17) is 0 Å². The van der Waals surface area contributed by atoms with E-state index in [1.165, 1.54) is 38.6 Å². The molecule has 1 saturated heterocycles. The second-order valence-electron chi connectivity index (χ2n) is 6.53. The maximum absolute atomic E-state index is 10.2. The van der Waals surface area contributed by atoms with Crippen LogP contribution in [-0.2, 0) is 0 Å². The summed E-state index contributed by atoms with van der Waals surface area (Å²) < 4.78 is 0. The standard InChI is InChI=1S/C15H30N2O/c1-3-9-15(2,18)11-17-14-7-4-6-12(14)13-8-5-10-16-13/h12-14,16-18H,3-11H2,1-2H3. The quantitative estimate of drug-likeness (QED) is 0.680. The molecule has 0 radical (unpaired) electrons. The van der Waals surface area contributed by atoms with Gasteiger partial charge in [-0.15, -0.1) is 0 Å². The molecule has 0 bridgehead atoms. The Kier molecular flexibility index (Phi) is 5.05. The molecule has 1 aliphatic carbocycles. The van der Waals surface area contributed by atoms with Crippen molar-refractivity contribution in [3.8, 4) is 0 Å². The van der Waals surface area contributed by atoms with Crippen LogP contribution < -0.4 is 10.6 Å². The molecule has 106 valence electrons. The fourth-order valence-electron chi connectivity index (χ4n) is 3.78. The van der Waals surface area contributed by atoms with Gasteiger partial charge in [0.15, 0.2) is 0 Å². The Bertz CT molecular complexity index is 249. The summed E-state index contributed by atoms with van der Waals surface area (Å²) in [6, 6.07) is 1.34. The summed E-state index contributed by atoms with van der Waals surface area (Å²) in [5.74, 6) is 0.782. The zero-order chi connectivity index (χ0) is 13.0. The second-order valence-corrected chi connectivity index (χ2v) is 6.53. The van der Waals surface area contributed by atoms with E-state index in [0.29, 0.717) is 6.04 Å². The molecular weight excluding hydrogens is 224 g/mol. The molecule has 3 N–H and O–H groups in total. The van der Waals surface area contributed by atoms with E-state index in [-0.39, 0.29) is 0 Å². The van der Waals surface area contributed by atoms with Crippen LogP contribution in [0, 0.1) is 5.92 Å². The highest BCUT2D eigenvalue weighted by Crippen LogP contribution is 2.32. The highest BCUT2D eigenvalue weighted by molar-refractivity contribution is 4.94. The van der Waals surface area contributed by atoms with E-state index in [1.54, 1.807) is 0 Å². The van der Waals surface area contributed by atoms with Gasteiger partial charge in [-0.2, -0.15) is 0 Å². The Labute approximate surface area is 112 Å². The van der Waals surface area contributed by atoms with Crippen LogP contribution in [0.5, 0.6) is 0 Å². The van der Waals surface area contributed by atoms with Crippen molar-refractivity contribution < 1.29 is 5.11 Å². The van der Waals surface area contributed by atoms with E-state index in [1.807, 2.05) is 6.92 Å². The third kappa shape index (κ3) is 3.69. The van der Waals surface area contributed by atoms with Crippen LogP contribution in [0.2, 0.25) is 0 Å². The van der Waals surface area contributed by atoms with Crippen LogP contribution in [0.3, 0.4) is 0 Å². The lowest BCUT2D eigenvalue weighted by Crippen LogP contribution is -2.47. The molecular formula is C15H30N2O. The van der Waals surface area contributed by atoms with E-state index >= 15 is 0 Å². The van der Waals surface area contributed by atoms with Gasteiger partial charge >= 0.3 is 0 Å². The molecule has 18 heavy (non-hydrogen) atoms. The zero-order valence-electron chi connectivity index (χ0n) is 12.0. The van der Waals surface area contributed by atoms with Gasteiger partial charge in [0.25, 0.3) is 0 Å². The number of nitrogens with one attached hydrogen (secondary N) is 2. The molecule has 1 aliphatic heterocycles. The minimum absolute atomic E-state index is 0.537. The molecule has 3 nitrogen and oxygen atoms in total. The fraction of sp³-hybridized carbons (Fsp3) is 1.00. The van der Waals surface area contributed by atoms with E-state index in [2.05, 4.69) is 17.6 Å². The van der Waals surface area contributed by atoms with Crippen molar-refractivity contribution >= 4 is 0 Å². The first-order valence-corrected chi connectivity index (χ1v) is 7.81. The van der Waals surface area contributed by atoms with Crippen molar-refractivity contribution in [2.75, 3.05) is 13.1 Å². The van der Waals surface area contributed by atoms with E-state index in [9.17, 15) is 5.11 Å². The smallest absolute Gasteiger partial charge is 0.0743 e. The fourth-order valence-corrected chi connectivity index (χ4v) is 3.78. The Morgan fingerprint density at radius 1 is 1.28 bits per heavy atom. The van der Waals surface area contributed by atoms with Gasteiger partial charge in [0.2, 0.25) is 0 Å². The molecule has 0 aromatic carbocycles. The predicted molar refractivity (Wildman–Crippen MR) is 75.7 cm³/mol. The first-order valence-electron chi connectivity index (χ1n) is 7.81. The van der Waals surface area contributed by atoms with Crippen molar-refractivity contribution in [1.82, 2.24) is 10.6 Å². The Morgan fingerprint density at radius 2 is 2.11 bits per heavy atom. The molecule has 2 fully saturated rings. The maximum atomic E-state index is 10.2. The Morgan fingerprint density at radius 3 is 2.78 bits per heavy atom. The average Bonchev–Trinajstić information content (AvgIpc) is 2.97. The molecule has 4 atom stereocenters. The van der Waals surface area contributed by atoms with Gasteiger partial charge in [-0.3, -0.25) is 0 Å². The molecule has 0 amide bonds. The highest BCUT2D eigenvalue weighted by Gasteiger charge is 2.35. The molecule has 2 rings (SSSR count). The normalized spacial score (nSPS) is 35.8. The zero-order valence-corrected chi connectivity index (χ0v) is 12.0. The third-order valence-electron chi connectivity index (χ3n) is 4.72. The van der Waals surface area contributed by atoms with Crippen molar-refractivity contribution in [3.05, 3.63) is 0 Å². The molecule has 0 spiro atoms. The summed E-state index contributed by atoms with van der Waals surface area (Å²) in [5.41, 5.74) is -0.537. The molecule has 0 aromatic heterocycles. The van der Waals surface area contributed by atoms with Crippen LogP contribution in [-0.4, -0.2) is 35.9 Å². The summed E-state index contributed by atoms with van der Waals surface area (Å²) in [6.45, 7) is 6.03. The number of aliphatic hydroxyl groups is 1. The maximum Gasteiger partial charge on any atom is 0.0743 e. The van der Waals surface area contributed by atoms with Crippen molar-refractivity contribution in [1.29, 1.82) is 0 Å².